The smallest absolute Gasteiger partial charge is 0.0873 e. The molecule has 1 aromatic carbocycles. The van der Waals surface area contributed by atoms with E-state index in [2.05, 4.69) is 31.2 Å². The summed E-state index contributed by atoms with van der Waals surface area (Å²) < 4.78 is 5.58. The lowest BCUT2D eigenvalue weighted by molar-refractivity contribution is 0.243. The summed E-state index contributed by atoms with van der Waals surface area (Å²) in [7, 11) is 0. The van der Waals surface area contributed by atoms with Crippen molar-refractivity contribution in [2.45, 2.75) is 110 Å². The fourth-order valence-corrected chi connectivity index (χ4v) is 3.49. The second-order valence-corrected chi connectivity index (χ2v) is 7.89. The minimum atomic E-state index is 0.849. The van der Waals surface area contributed by atoms with Crippen LogP contribution in [-0.4, -0.2) is 6.61 Å². The van der Waals surface area contributed by atoms with Crippen molar-refractivity contribution in [2.75, 3.05) is 6.61 Å². The minimum Gasteiger partial charge on any atom is -0.501 e. The first-order valence-electron chi connectivity index (χ1n) is 11.8. The Morgan fingerprint density at radius 2 is 1.04 bits per heavy atom. The van der Waals surface area contributed by atoms with Gasteiger partial charge in [0.1, 0.15) is 0 Å². The van der Waals surface area contributed by atoms with Crippen LogP contribution >= 0.6 is 0 Å². The maximum Gasteiger partial charge on any atom is 0.0873 e. The maximum atomic E-state index is 5.58. The first kappa shape index (κ1) is 23.8. The first-order valence-corrected chi connectivity index (χ1v) is 11.8. The van der Waals surface area contributed by atoms with Gasteiger partial charge < -0.3 is 4.74 Å². The van der Waals surface area contributed by atoms with Crippen molar-refractivity contribution < 1.29 is 4.74 Å². The second kappa shape index (κ2) is 19.5. The Balaban J connectivity index is 1.71. The van der Waals surface area contributed by atoms with E-state index >= 15 is 0 Å². The van der Waals surface area contributed by atoms with Gasteiger partial charge in [0.15, 0.2) is 0 Å². The molecule has 1 nitrogen and oxygen atoms in total. The van der Waals surface area contributed by atoms with Gasteiger partial charge in [0.2, 0.25) is 0 Å². The van der Waals surface area contributed by atoms with E-state index in [4.69, 9.17) is 4.74 Å². The van der Waals surface area contributed by atoms with Gasteiger partial charge in [-0.2, -0.15) is 0 Å². The van der Waals surface area contributed by atoms with Crippen molar-refractivity contribution in [3.05, 3.63) is 42.2 Å². The van der Waals surface area contributed by atoms with Crippen LogP contribution in [0.25, 0.3) is 6.08 Å². The van der Waals surface area contributed by atoms with Gasteiger partial charge >= 0.3 is 0 Å². The molecule has 1 heteroatoms. The average Bonchev–Trinajstić information content (AvgIpc) is 2.70. The van der Waals surface area contributed by atoms with Crippen LogP contribution in [0.2, 0.25) is 0 Å². The molecular formula is C26H44O. The number of ether oxygens (including phenoxy) is 1. The van der Waals surface area contributed by atoms with Crippen LogP contribution in [0.4, 0.5) is 0 Å². The second-order valence-electron chi connectivity index (χ2n) is 7.89. The van der Waals surface area contributed by atoms with E-state index in [9.17, 15) is 0 Å². The molecule has 0 unspecified atom stereocenters. The molecule has 0 aliphatic rings. The van der Waals surface area contributed by atoms with Crippen LogP contribution in [0, 0.1) is 0 Å². The van der Waals surface area contributed by atoms with E-state index in [0.29, 0.717) is 0 Å². The highest BCUT2D eigenvalue weighted by molar-refractivity contribution is 5.47. The van der Waals surface area contributed by atoms with Gasteiger partial charge in [-0.05, 0) is 18.1 Å². The molecule has 0 fully saturated rings. The molecule has 0 atom stereocenters. The molecule has 0 saturated heterocycles. The molecule has 0 heterocycles. The van der Waals surface area contributed by atoms with Crippen molar-refractivity contribution >= 4 is 6.08 Å². The van der Waals surface area contributed by atoms with Crippen molar-refractivity contribution in [3.8, 4) is 0 Å². The summed E-state index contributed by atoms with van der Waals surface area (Å²) in [5.41, 5.74) is 1.20. The van der Waals surface area contributed by atoms with E-state index in [1.54, 1.807) is 0 Å². The van der Waals surface area contributed by atoms with Gasteiger partial charge in [0.05, 0.1) is 12.9 Å². The highest BCUT2D eigenvalue weighted by atomic mass is 16.5. The topological polar surface area (TPSA) is 9.23 Å². The molecule has 0 radical (unpaired) electrons. The Hall–Kier alpha value is -1.24. The predicted molar refractivity (Wildman–Crippen MR) is 121 cm³/mol. The molecule has 27 heavy (non-hydrogen) atoms. The zero-order chi connectivity index (χ0) is 19.3. The third-order valence-corrected chi connectivity index (χ3v) is 5.27. The summed E-state index contributed by atoms with van der Waals surface area (Å²) in [5, 5.41) is 0. The molecule has 0 aliphatic carbocycles. The largest absolute Gasteiger partial charge is 0.501 e. The molecule has 0 spiro atoms. The zero-order valence-electron chi connectivity index (χ0n) is 18.0. The van der Waals surface area contributed by atoms with Gasteiger partial charge in [-0.25, -0.2) is 0 Å². The van der Waals surface area contributed by atoms with Crippen molar-refractivity contribution in [1.82, 2.24) is 0 Å². The molecule has 1 aromatic rings. The lowest BCUT2D eigenvalue weighted by Gasteiger charge is -2.04. The highest BCUT2D eigenvalue weighted by Crippen LogP contribution is 2.13. The number of hydrogen-bond donors (Lipinski definition) is 0. The molecule has 0 amide bonds. The Kier molecular flexibility index (Phi) is 17.2. The van der Waals surface area contributed by atoms with E-state index in [0.717, 1.165) is 6.61 Å². The average molecular weight is 373 g/mol. The predicted octanol–water partition coefficient (Wildman–Crippen LogP) is 8.94. The molecular weight excluding hydrogens is 328 g/mol. The van der Waals surface area contributed by atoms with Crippen LogP contribution in [0.3, 0.4) is 0 Å². The summed E-state index contributed by atoms with van der Waals surface area (Å²) in [4.78, 5) is 0. The standard InChI is InChI=1S/C26H44O/c1-2-3-4-5-6-7-8-9-10-11-12-13-14-15-16-20-24-27-25-23-26-21-18-17-19-22-26/h17-19,21-23,25H,2-16,20,24H2,1H3. The Bertz CT molecular complexity index is 423. The van der Waals surface area contributed by atoms with Gasteiger partial charge in [0, 0.05) is 0 Å². The Morgan fingerprint density at radius 1 is 0.593 bits per heavy atom. The quantitative estimate of drug-likeness (QED) is 0.174. The summed E-state index contributed by atoms with van der Waals surface area (Å²) >= 11 is 0. The van der Waals surface area contributed by atoms with Gasteiger partial charge in [-0.3, -0.25) is 0 Å². The van der Waals surface area contributed by atoms with Crippen molar-refractivity contribution in [3.63, 3.8) is 0 Å². The summed E-state index contributed by atoms with van der Waals surface area (Å²) in [6.45, 7) is 3.14. The zero-order valence-corrected chi connectivity index (χ0v) is 18.0. The molecule has 1 rings (SSSR count). The third kappa shape index (κ3) is 16.6. The highest BCUT2D eigenvalue weighted by Gasteiger charge is 1.94. The van der Waals surface area contributed by atoms with E-state index in [1.165, 1.54) is 108 Å². The number of rotatable bonds is 19. The Morgan fingerprint density at radius 3 is 1.52 bits per heavy atom. The molecule has 0 aromatic heterocycles. The van der Waals surface area contributed by atoms with Gasteiger partial charge in [-0.1, -0.05) is 134 Å². The van der Waals surface area contributed by atoms with Crippen molar-refractivity contribution in [1.29, 1.82) is 0 Å². The summed E-state index contributed by atoms with van der Waals surface area (Å²) in [5.74, 6) is 0. The molecule has 0 aliphatic heterocycles. The van der Waals surface area contributed by atoms with Crippen LogP contribution in [0.5, 0.6) is 0 Å². The van der Waals surface area contributed by atoms with Crippen LogP contribution < -0.4 is 0 Å². The number of hydrogen-bond acceptors (Lipinski definition) is 1. The third-order valence-electron chi connectivity index (χ3n) is 5.27. The van der Waals surface area contributed by atoms with Gasteiger partial charge in [0.25, 0.3) is 0 Å². The van der Waals surface area contributed by atoms with Crippen LogP contribution in [-0.2, 0) is 4.74 Å². The monoisotopic (exact) mass is 372 g/mol. The molecule has 0 saturated carbocycles. The molecule has 0 N–H and O–H groups in total. The van der Waals surface area contributed by atoms with Crippen LogP contribution in [0.1, 0.15) is 115 Å². The molecule has 0 bridgehead atoms. The number of benzene rings is 1. The van der Waals surface area contributed by atoms with Gasteiger partial charge in [-0.15, -0.1) is 0 Å². The van der Waals surface area contributed by atoms with E-state index < -0.39 is 0 Å². The normalized spacial score (nSPS) is 11.3. The van der Waals surface area contributed by atoms with Crippen molar-refractivity contribution in [2.24, 2.45) is 0 Å². The minimum absolute atomic E-state index is 0.849. The number of unbranched alkanes of at least 4 members (excludes halogenated alkanes) is 15. The lowest BCUT2D eigenvalue weighted by atomic mass is 10.0. The molecule has 154 valence electrons. The van der Waals surface area contributed by atoms with E-state index in [1.807, 2.05) is 18.4 Å². The summed E-state index contributed by atoms with van der Waals surface area (Å²) in [6, 6.07) is 10.3. The SMILES string of the molecule is CCCCCCCCCCCCCCCCCCOC=Cc1ccccc1. The lowest BCUT2D eigenvalue weighted by Crippen LogP contribution is -1.88. The van der Waals surface area contributed by atoms with Crippen LogP contribution in [0.15, 0.2) is 36.6 Å². The Labute approximate surface area is 169 Å². The fraction of sp³-hybridized carbons (Fsp3) is 0.692. The first-order chi connectivity index (χ1) is 13.4. The maximum absolute atomic E-state index is 5.58. The fourth-order valence-electron chi connectivity index (χ4n) is 3.49. The summed E-state index contributed by atoms with van der Waals surface area (Å²) in [6.07, 6.45) is 26.4. The van der Waals surface area contributed by atoms with E-state index in [-0.39, 0.29) is 0 Å².